The van der Waals surface area contributed by atoms with Gasteiger partial charge in [-0.3, -0.25) is 0 Å². The topological polar surface area (TPSA) is 77.3 Å². The summed E-state index contributed by atoms with van der Waals surface area (Å²) in [5.74, 6) is 6.94. The monoisotopic (exact) mass is 1360 g/mol. The highest BCUT2D eigenvalue weighted by Crippen LogP contribution is 2.70. The van der Waals surface area contributed by atoms with Gasteiger partial charge in [0.05, 0.1) is 0 Å². The molecule has 7 aliphatic carbocycles. The number of nitrogens with zero attached hydrogens (tertiary/aromatic N) is 6. The van der Waals surface area contributed by atoms with Crippen LogP contribution in [0.2, 0.25) is 0 Å². The lowest BCUT2D eigenvalue weighted by molar-refractivity contribution is -0.0399. The Balaban J connectivity index is 0.598. The lowest BCUT2D eigenvalue weighted by Crippen LogP contribution is -2.55. The Morgan fingerprint density at radius 1 is 0.208 bits per heavy atom. The lowest BCUT2D eigenvalue weighted by Gasteiger charge is -2.61. The standard InChI is InChI=1S/C100H76N6/c1-98(2)87-56-73(40-45-80(87)82-47-42-75(58-89(82)98)96-103-92(68-22-13-7-14-23-68)101-94(105-96)70-36-32-64(33-37-70)62-18-9-5-10-19-62)67-30-28-66(29-31-67)72-44-49-85-84(55-72)91-79(26-17-27-86(91)100(85)77-51-60-50-61(53-77)54-78(100)52-60)74-41-46-81-83-48-43-76(59-90(83)99(3,4)88(81)57-74)97-104-93(69-24-15-8-16-25-69)102-95(106-97)71-38-34-65(35-39-71)63-20-11-6-12-21-63/h5-49,55-61,77-78H,50-54H2,1-4H3. The predicted octanol–water partition coefficient (Wildman–Crippen LogP) is 24.7. The first-order chi connectivity index (χ1) is 51.9. The van der Waals surface area contributed by atoms with Crippen LogP contribution >= 0.6 is 0 Å². The van der Waals surface area contributed by atoms with Crippen LogP contribution in [0.1, 0.15) is 93.2 Å². The third-order valence-corrected chi connectivity index (χ3v) is 25.2. The second kappa shape index (κ2) is 24.0. The van der Waals surface area contributed by atoms with Crippen molar-refractivity contribution >= 4 is 0 Å². The number of aromatic nitrogens is 6. The minimum atomic E-state index is -0.306. The van der Waals surface area contributed by atoms with Gasteiger partial charge in [0.15, 0.2) is 34.9 Å². The highest BCUT2D eigenvalue weighted by Gasteiger charge is 2.62. The molecule has 4 fully saturated rings. The molecule has 2 heterocycles. The average Bonchev–Trinajstić information content (AvgIpc) is 1.48. The van der Waals surface area contributed by atoms with Crippen LogP contribution in [0.3, 0.4) is 0 Å². The smallest absolute Gasteiger partial charge is 0.164 e. The van der Waals surface area contributed by atoms with Crippen LogP contribution in [0.4, 0.5) is 0 Å². The third kappa shape index (κ3) is 9.90. The maximum atomic E-state index is 5.26. The van der Waals surface area contributed by atoms with Gasteiger partial charge in [0.2, 0.25) is 0 Å². The molecule has 1 spiro atoms. The lowest BCUT2D eigenvalue weighted by atomic mass is 9.43. The van der Waals surface area contributed by atoms with Gasteiger partial charge in [-0.05, 0) is 209 Å². The Morgan fingerprint density at radius 2 is 0.500 bits per heavy atom. The van der Waals surface area contributed by atoms with Crippen molar-refractivity contribution in [2.45, 2.75) is 76.0 Å². The summed E-state index contributed by atoms with van der Waals surface area (Å²) in [6.07, 6.45) is 6.77. The number of benzene rings is 13. The van der Waals surface area contributed by atoms with Crippen molar-refractivity contribution in [3.8, 4) is 157 Å². The molecule has 2 aromatic heterocycles. The summed E-state index contributed by atoms with van der Waals surface area (Å²) in [5.41, 5.74) is 33.7. The van der Waals surface area contributed by atoms with E-state index in [9.17, 15) is 0 Å². The van der Waals surface area contributed by atoms with Crippen LogP contribution in [0.25, 0.3) is 157 Å². The van der Waals surface area contributed by atoms with Crippen molar-refractivity contribution in [2.75, 3.05) is 0 Å². The van der Waals surface area contributed by atoms with Crippen molar-refractivity contribution in [2.24, 2.45) is 23.7 Å². The predicted molar refractivity (Wildman–Crippen MR) is 431 cm³/mol. The van der Waals surface area contributed by atoms with Gasteiger partial charge in [0.1, 0.15) is 0 Å². The summed E-state index contributed by atoms with van der Waals surface area (Å²) >= 11 is 0. The molecule has 7 aliphatic rings. The molecule has 0 atom stereocenters. The molecule has 0 radical (unpaired) electrons. The molecule has 0 aliphatic heterocycles. The summed E-state index contributed by atoms with van der Waals surface area (Å²) in [6.45, 7) is 9.54. The number of hydrogen-bond donors (Lipinski definition) is 0. The van der Waals surface area contributed by atoms with E-state index in [0.717, 1.165) is 56.3 Å². The minimum absolute atomic E-state index is 0.0153. The van der Waals surface area contributed by atoms with E-state index in [1.54, 1.807) is 11.1 Å². The Bertz CT molecular complexity index is 6010. The molecule has 4 bridgehead atoms. The van der Waals surface area contributed by atoms with E-state index in [2.05, 4.69) is 295 Å². The normalized spacial score (nSPS) is 18.9. The Kier molecular flexibility index (Phi) is 14.1. The second-order valence-corrected chi connectivity index (χ2v) is 31.8. The Morgan fingerprint density at radius 3 is 0.915 bits per heavy atom. The molecule has 0 unspecified atom stereocenters. The molecular formula is C100H76N6. The van der Waals surface area contributed by atoms with Gasteiger partial charge in [-0.1, -0.05) is 301 Å². The minimum Gasteiger partial charge on any atom is -0.208 e. The fourth-order valence-electron chi connectivity index (χ4n) is 20.2. The summed E-state index contributed by atoms with van der Waals surface area (Å²) in [7, 11) is 0. The van der Waals surface area contributed by atoms with E-state index in [4.69, 9.17) is 29.9 Å². The van der Waals surface area contributed by atoms with E-state index in [1.807, 2.05) is 36.4 Å². The van der Waals surface area contributed by atoms with Gasteiger partial charge >= 0.3 is 0 Å². The molecule has 22 rings (SSSR count). The van der Waals surface area contributed by atoms with Crippen LogP contribution in [-0.2, 0) is 16.2 Å². The second-order valence-electron chi connectivity index (χ2n) is 31.8. The van der Waals surface area contributed by atoms with Crippen LogP contribution < -0.4 is 0 Å². The fourth-order valence-corrected chi connectivity index (χ4v) is 20.2. The highest BCUT2D eigenvalue weighted by molar-refractivity contribution is 5.97. The van der Waals surface area contributed by atoms with Gasteiger partial charge < -0.3 is 0 Å². The molecule has 0 saturated heterocycles. The first kappa shape index (κ1) is 62.4. The van der Waals surface area contributed by atoms with Crippen LogP contribution in [-0.4, -0.2) is 29.9 Å². The average molecular weight is 1360 g/mol. The maximum absolute atomic E-state index is 5.26. The summed E-state index contributed by atoms with van der Waals surface area (Å²) in [6, 6.07) is 111. The zero-order valence-electron chi connectivity index (χ0n) is 59.9. The van der Waals surface area contributed by atoms with Gasteiger partial charge in [0.25, 0.3) is 0 Å². The molecule has 6 heteroatoms. The van der Waals surface area contributed by atoms with Gasteiger partial charge in [-0.15, -0.1) is 0 Å². The van der Waals surface area contributed by atoms with Crippen LogP contribution in [0.5, 0.6) is 0 Å². The van der Waals surface area contributed by atoms with Gasteiger partial charge in [-0.2, -0.15) is 0 Å². The van der Waals surface area contributed by atoms with E-state index in [0.29, 0.717) is 46.8 Å². The van der Waals surface area contributed by atoms with Gasteiger partial charge in [-0.25, -0.2) is 29.9 Å². The van der Waals surface area contributed by atoms with Crippen LogP contribution in [0.15, 0.2) is 303 Å². The number of fused-ring (bicyclic) bond motifs is 9. The molecule has 13 aromatic carbocycles. The molecular weight excluding hydrogens is 1290 g/mol. The zero-order valence-corrected chi connectivity index (χ0v) is 59.9. The number of hydrogen-bond acceptors (Lipinski definition) is 6. The molecule has 106 heavy (non-hydrogen) atoms. The first-order valence-electron chi connectivity index (χ1n) is 37.9. The zero-order chi connectivity index (χ0) is 70.6. The van der Waals surface area contributed by atoms with Crippen molar-refractivity contribution in [3.05, 3.63) is 337 Å². The van der Waals surface area contributed by atoms with E-state index < -0.39 is 0 Å². The fraction of sp³-hybridized carbons (Fsp3) is 0.160. The molecule has 4 saturated carbocycles. The third-order valence-electron chi connectivity index (χ3n) is 25.2. The molecule has 0 N–H and O–H groups in total. The van der Waals surface area contributed by atoms with E-state index >= 15 is 0 Å². The first-order valence-corrected chi connectivity index (χ1v) is 37.9. The van der Waals surface area contributed by atoms with Crippen molar-refractivity contribution in [3.63, 3.8) is 0 Å². The summed E-state index contributed by atoms with van der Waals surface area (Å²) < 4.78 is 0. The summed E-state index contributed by atoms with van der Waals surface area (Å²) in [4.78, 5) is 31.1. The molecule has 506 valence electrons. The Hall–Kier alpha value is -12.1. The van der Waals surface area contributed by atoms with Crippen molar-refractivity contribution in [1.82, 2.24) is 29.9 Å². The van der Waals surface area contributed by atoms with E-state index in [-0.39, 0.29) is 16.2 Å². The van der Waals surface area contributed by atoms with Gasteiger partial charge in [0, 0.05) is 49.6 Å². The molecule has 0 amide bonds. The Labute approximate surface area is 619 Å². The largest absolute Gasteiger partial charge is 0.208 e. The quantitative estimate of drug-likeness (QED) is 0.128. The van der Waals surface area contributed by atoms with Crippen LogP contribution in [0, 0.1) is 23.7 Å². The summed E-state index contributed by atoms with van der Waals surface area (Å²) in [5, 5.41) is 0. The maximum Gasteiger partial charge on any atom is 0.164 e. The van der Waals surface area contributed by atoms with E-state index in [1.165, 1.54) is 132 Å². The van der Waals surface area contributed by atoms with Crippen molar-refractivity contribution in [1.29, 1.82) is 0 Å². The molecule has 15 aromatic rings. The van der Waals surface area contributed by atoms with Crippen molar-refractivity contribution < 1.29 is 0 Å². The highest BCUT2D eigenvalue weighted by atomic mass is 15.0. The number of rotatable bonds is 11. The SMILES string of the molecule is CC1(C)c2cc(-c3ccc(-c4ccc5c(c4)-c4c(-c6ccc7c(c6)C(C)(C)c6cc(-c8nc(-c9ccccc9)nc(-c9ccc(-c%10ccccc%10)cc9)n8)ccc6-7)cccc4C54C5CC6CC(C5)CC4C6)cc3)ccc2-c2ccc(-c3nc(-c4ccccc4)nc(-c4ccc(-c5ccccc5)cc4)n3)cc21. The molecule has 6 nitrogen and oxygen atoms in total.